The van der Waals surface area contributed by atoms with Gasteiger partial charge in [-0.3, -0.25) is 4.79 Å². The monoisotopic (exact) mass is 387 g/mol. The predicted octanol–water partition coefficient (Wildman–Crippen LogP) is 4.03. The summed E-state index contributed by atoms with van der Waals surface area (Å²) in [7, 11) is 2.19. The van der Waals surface area contributed by atoms with Crippen molar-refractivity contribution in [1.82, 2.24) is 14.4 Å². The Kier molecular flexibility index (Phi) is 4.88. The first-order chi connectivity index (χ1) is 14.2. The van der Waals surface area contributed by atoms with Crippen LogP contribution < -0.4 is 0 Å². The van der Waals surface area contributed by atoms with E-state index in [-0.39, 0.29) is 5.91 Å². The number of aromatic nitrogens is 1. The number of carbonyl (C=O) groups excluding carboxylic acids is 1. The molecule has 0 unspecified atom stereocenters. The van der Waals surface area contributed by atoms with E-state index in [2.05, 4.69) is 64.0 Å². The second kappa shape index (κ2) is 7.68. The Morgan fingerprint density at radius 2 is 1.76 bits per heavy atom. The van der Waals surface area contributed by atoms with Crippen LogP contribution in [0, 0.1) is 5.92 Å². The lowest BCUT2D eigenvalue weighted by Crippen LogP contribution is -2.40. The topological polar surface area (TPSA) is 28.5 Å². The zero-order valence-corrected chi connectivity index (χ0v) is 17.2. The molecule has 2 aliphatic rings. The fourth-order valence-corrected chi connectivity index (χ4v) is 4.98. The Bertz CT molecular complexity index is 1020. The van der Waals surface area contributed by atoms with Crippen molar-refractivity contribution in [3.63, 3.8) is 0 Å². The van der Waals surface area contributed by atoms with Gasteiger partial charge in [0.25, 0.3) is 5.91 Å². The molecule has 0 N–H and O–H groups in total. The van der Waals surface area contributed by atoms with Crippen molar-refractivity contribution in [3.8, 4) is 0 Å². The molecular weight excluding hydrogens is 358 g/mol. The van der Waals surface area contributed by atoms with Crippen molar-refractivity contribution in [2.45, 2.75) is 25.8 Å². The molecule has 150 valence electrons. The van der Waals surface area contributed by atoms with Gasteiger partial charge in [-0.2, -0.15) is 0 Å². The number of piperidine rings is 1. The van der Waals surface area contributed by atoms with E-state index in [1.165, 1.54) is 34.9 Å². The normalized spacial score (nSPS) is 18.4. The Balaban J connectivity index is 1.43. The first kappa shape index (κ1) is 18.4. The van der Waals surface area contributed by atoms with Gasteiger partial charge in [-0.25, -0.2) is 0 Å². The lowest BCUT2D eigenvalue weighted by atomic mass is 9.96. The van der Waals surface area contributed by atoms with Crippen LogP contribution in [0.2, 0.25) is 0 Å². The third-order valence-corrected chi connectivity index (χ3v) is 6.67. The van der Waals surface area contributed by atoms with Crippen molar-refractivity contribution in [1.29, 1.82) is 0 Å². The number of hydrogen-bond acceptors (Lipinski definition) is 2. The number of likely N-dealkylation sites (tertiary alicyclic amines) is 1. The van der Waals surface area contributed by atoms with Crippen molar-refractivity contribution in [3.05, 3.63) is 71.4 Å². The number of rotatable bonds is 4. The maximum Gasteiger partial charge on any atom is 0.254 e. The van der Waals surface area contributed by atoms with Crippen LogP contribution in [0.15, 0.2) is 54.7 Å². The van der Waals surface area contributed by atoms with E-state index in [4.69, 9.17) is 0 Å². The average Bonchev–Trinajstić information content (AvgIpc) is 3.04. The minimum Gasteiger partial charge on any atom is -0.343 e. The Hall–Kier alpha value is -2.59. The van der Waals surface area contributed by atoms with Crippen LogP contribution in [0.25, 0.3) is 10.9 Å². The van der Waals surface area contributed by atoms with Gasteiger partial charge in [0.15, 0.2) is 0 Å². The fourth-order valence-electron chi connectivity index (χ4n) is 4.98. The van der Waals surface area contributed by atoms with Crippen molar-refractivity contribution < 1.29 is 4.79 Å². The van der Waals surface area contributed by atoms with Crippen LogP contribution in [0.4, 0.5) is 0 Å². The molecular formula is C25H29N3O. The van der Waals surface area contributed by atoms with Crippen molar-refractivity contribution in [2.75, 3.05) is 33.2 Å². The van der Waals surface area contributed by atoms with Gasteiger partial charge in [-0.15, -0.1) is 0 Å². The van der Waals surface area contributed by atoms with Crippen LogP contribution >= 0.6 is 0 Å². The van der Waals surface area contributed by atoms with Crippen LogP contribution in [0.3, 0.4) is 0 Å². The second-order valence-electron chi connectivity index (χ2n) is 8.72. The highest BCUT2D eigenvalue weighted by Crippen LogP contribution is 2.31. The van der Waals surface area contributed by atoms with E-state index >= 15 is 0 Å². The van der Waals surface area contributed by atoms with Crippen LogP contribution in [0.1, 0.15) is 34.3 Å². The smallest absolute Gasteiger partial charge is 0.254 e. The number of carbonyl (C=O) groups is 1. The molecule has 2 aliphatic heterocycles. The standard InChI is InChI=1S/C25H29N3O/c1-26-13-10-20(11-14-26)16-27-15-12-21-18-28(17-19-6-3-2-4-7-19)23-9-5-8-22(24(21)23)25(27)29/h2-9,18,20H,10-17H2,1H3. The number of nitrogens with zero attached hydrogens (tertiary/aromatic N) is 3. The maximum atomic E-state index is 13.4. The molecule has 0 saturated carbocycles. The summed E-state index contributed by atoms with van der Waals surface area (Å²) in [5.41, 5.74) is 4.66. The highest BCUT2D eigenvalue weighted by molar-refractivity contribution is 6.08. The highest BCUT2D eigenvalue weighted by Gasteiger charge is 2.28. The Labute approximate surface area is 172 Å². The van der Waals surface area contributed by atoms with E-state index in [1.807, 2.05) is 12.1 Å². The molecule has 3 aromatic rings. The molecule has 1 fully saturated rings. The predicted molar refractivity (Wildman–Crippen MR) is 117 cm³/mol. The summed E-state index contributed by atoms with van der Waals surface area (Å²) in [5.74, 6) is 0.843. The molecule has 1 amide bonds. The molecule has 4 heteroatoms. The first-order valence-corrected chi connectivity index (χ1v) is 10.8. The maximum absolute atomic E-state index is 13.4. The van der Waals surface area contributed by atoms with E-state index in [0.29, 0.717) is 5.92 Å². The minimum atomic E-state index is 0.214. The van der Waals surface area contributed by atoms with Crippen LogP contribution in [0.5, 0.6) is 0 Å². The summed E-state index contributed by atoms with van der Waals surface area (Å²) < 4.78 is 2.31. The highest BCUT2D eigenvalue weighted by atomic mass is 16.2. The molecule has 1 aromatic heterocycles. The third-order valence-electron chi connectivity index (χ3n) is 6.67. The van der Waals surface area contributed by atoms with Crippen LogP contribution in [-0.4, -0.2) is 53.5 Å². The van der Waals surface area contributed by atoms with E-state index in [9.17, 15) is 4.79 Å². The van der Waals surface area contributed by atoms with Crippen molar-refractivity contribution >= 4 is 16.8 Å². The molecule has 1 saturated heterocycles. The summed E-state index contributed by atoms with van der Waals surface area (Å²) in [6, 6.07) is 16.8. The van der Waals surface area contributed by atoms with E-state index in [1.54, 1.807) is 0 Å². The Morgan fingerprint density at radius 1 is 0.966 bits per heavy atom. The van der Waals surface area contributed by atoms with Gasteiger partial charge in [0, 0.05) is 42.3 Å². The molecule has 0 bridgehead atoms. The summed E-state index contributed by atoms with van der Waals surface area (Å²) in [4.78, 5) is 17.9. The third kappa shape index (κ3) is 3.58. The number of amides is 1. The van der Waals surface area contributed by atoms with Gasteiger partial charge in [-0.1, -0.05) is 36.4 Å². The lowest BCUT2D eigenvalue weighted by Gasteiger charge is -2.33. The first-order valence-electron chi connectivity index (χ1n) is 10.8. The van der Waals surface area contributed by atoms with Crippen LogP contribution in [-0.2, 0) is 13.0 Å². The summed E-state index contributed by atoms with van der Waals surface area (Å²) in [6.07, 6.45) is 5.60. The van der Waals surface area contributed by atoms with Gasteiger partial charge in [0.2, 0.25) is 0 Å². The van der Waals surface area contributed by atoms with E-state index in [0.717, 1.165) is 44.7 Å². The molecule has 3 heterocycles. The molecule has 5 rings (SSSR count). The SMILES string of the molecule is CN1CCC(CN2CCc3cn(Cc4ccccc4)c4cccc(c34)C2=O)CC1. The fraction of sp³-hybridized carbons (Fsp3) is 0.400. The molecule has 4 nitrogen and oxygen atoms in total. The quantitative estimate of drug-likeness (QED) is 0.676. The average molecular weight is 388 g/mol. The Morgan fingerprint density at radius 3 is 2.55 bits per heavy atom. The summed E-state index contributed by atoms with van der Waals surface area (Å²) in [6.45, 7) is 4.86. The number of hydrogen-bond donors (Lipinski definition) is 0. The molecule has 0 atom stereocenters. The van der Waals surface area contributed by atoms with Gasteiger partial charge < -0.3 is 14.4 Å². The molecule has 0 aliphatic carbocycles. The van der Waals surface area contributed by atoms with Gasteiger partial charge >= 0.3 is 0 Å². The zero-order valence-electron chi connectivity index (χ0n) is 17.2. The summed E-state index contributed by atoms with van der Waals surface area (Å²) >= 11 is 0. The van der Waals surface area contributed by atoms with Gasteiger partial charge in [0.1, 0.15) is 0 Å². The molecule has 0 radical (unpaired) electrons. The van der Waals surface area contributed by atoms with Gasteiger partial charge in [0.05, 0.1) is 0 Å². The number of benzene rings is 2. The van der Waals surface area contributed by atoms with E-state index < -0.39 is 0 Å². The van der Waals surface area contributed by atoms with Crippen molar-refractivity contribution in [2.24, 2.45) is 5.92 Å². The minimum absolute atomic E-state index is 0.214. The largest absolute Gasteiger partial charge is 0.343 e. The zero-order chi connectivity index (χ0) is 19.8. The molecule has 2 aromatic carbocycles. The van der Waals surface area contributed by atoms with Gasteiger partial charge in [-0.05, 0) is 68.6 Å². The molecule has 0 spiro atoms. The lowest BCUT2D eigenvalue weighted by molar-refractivity contribution is 0.0706. The second-order valence-corrected chi connectivity index (χ2v) is 8.72. The summed E-state index contributed by atoms with van der Waals surface area (Å²) in [5, 5.41) is 1.17. The molecule has 29 heavy (non-hydrogen) atoms.